The number of rotatable bonds is 5. The fraction of sp³-hybridized carbons (Fsp3) is 0.706. The fourth-order valence-corrected chi connectivity index (χ4v) is 3.57. The third-order valence-corrected chi connectivity index (χ3v) is 4.87. The molecule has 0 aliphatic carbocycles. The van der Waals surface area contributed by atoms with E-state index in [4.69, 9.17) is 9.47 Å². The Bertz CT molecular complexity index is 522. The molecule has 0 saturated carbocycles. The molecule has 3 rings (SSSR count). The van der Waals surface area contributed by atoms with Gasteiger partial charge in [-0.1, -0.05) is 0 Å². The van der Waals surface area contributed by atoms with Gasteiger partial charge in [0.05, 0.1) is 19.3 Å². The third kappa shape index (κ3) is 4.49. The minimum absolute atomic E-state index is 0.151. The maximum absolute atomic E-state index is 12.6. The van der Waals surface area contributed by atoms with Crippen molar-refractivity contribution in [3.8, 4) is 0 Å². The van der Waals surface area contributed by atoms with Crippen LogP contribution in [0.5, 0.6) is 0 Å². The number of ether oxygens (including phenoxy) is 2. The first-order valence-electron chi connectivity index (χ1n) is 8.61. The normalized spacial score (nSPS) is 25.6. The summed E-state index contributed by atoms with van der Waals surface area (Å²) in [6.45, 7) is 5.34. The Labute approximate surface area is 143 Å². The quantitative estimate of drug-likeness (QED) is 0.784. The van der Waals surface area contributed by atoms with Crippen molar-refractivity contribution >= 4 is 5.91 Å². The molecule has 2 saturated heterocycles. The lowest BCUT2D eigenvalue weighted by Crippen LogP contribution is -2.47. The zero-order valence-corrected chi connectivity index (χ0v) is 14.3. The molecule has 1 aromatic heterocycles. The first kappa shape index (κ1) is 17.3. The molecule has 2 atom stereocenters. The van der Waals surface area contributed by atoms with Gasteiger partial charge in [0, 0.05) is 70.1 Å². The average Bonchev–Trinajstić information content (AvgIpc) is 2.63. The summed E-state index contributed by atoms with van der Waals surface area (Å²) < 4.78 is 11.0. The van der Waals surface area contributed by atoms with Gasteiger partial charge in [-0.2, -0.15) is 0 Å². The molecule has 7 heteroatoms. The molecule has 0 bridgehead atoms. The predicted octanol–water partition coefficient (Wildman–Crippen LogP) is 0.562. The molecule has 0 N–H and O–H groups in total. The van der Waals surface area contributed by atoms with Gasteiger partial charge in [0.25, 0.3) is 0 Å². The van der Waals surface area contributed by atoms with Crippen LogP contribution >= 0.6 is 0 Å². The Hall–Kier alpha value is -1.57. The lowest BCUT2D eigenvalue weighted by molar-refractivity contribution is -0.138. The molecule has 0 unspecified atom stereocenters. The lowest BCUT2D eigenvalue weighted by atomic mass is 9.90. The van der Waals surface area contributed by atoms with Gasteiger partial charge >= 0.3 is 0 Å². The summed E-state index contributed by atoms with van der Waals surface area (Å²) in [5, 5.41) is 0. The summed E-state index contributed by atoms with van der Waals surface area (Å²) in [6, 6.07) is 0. The molecular weight excluding hydrogens is 308 g/mol. The average molecular weight is 334 g/mol. The number of piperidine rings is 1. The molecule has 7 nitrogen and oxygen atoms in total. The van der Waals surface area contributed by atoms with E-state index < -0.39 is 0 Å². The molecule has 2 fully saturated rings. The van der Waals surface area contributed by atoms with Crippen molar-refractivity contribution in [3.05, 3.63) is 24.3 Å². The van der Waals surface area contributed by atoms with Gasteiger partial charge in [-0.25, -0.2) is 9.97 Å². The van der Waals surface area contributed by atoms with E-state index in [1.165, 1.54) is 0 Å². The Kier molecular flexibility index (Phi) is 6.12. The minimum Gasteiger partial charge on any atom is -0.381 e. The van der Waals surface area contributed by atoms with Crippen molar-refractivity contribution in [1.29, 1.82) is 0 Å². The zero-order valence-electron chi connectivity index (χ0n) is 14.3. The van der Waals surface area contributed by atoms with Crippen LogP contribution in [0.1, 0.15) is 18.4 Å². The number of hydrogen-bond donors (Lipinski definition) is 0. The van der Waals surface area contributed by atoms with Crippen LogP contribution in [0.4, 0.5) is 0 Å². The number of morpholine rings is 1. The first-order valence-corrected chi connectivity index (χ1v) is 8.61. The largest absolute Gasteiger partial charge is 0.381 e. The molecular formula is C17H26N4O3. The minimum atomic E-state index is 0.151. The predicted molar refractivity (Wildman–Crippen MR) is 88.2 cm³/mol. The van der Waals surface area contributed by atoms with E-state index in [-0.39, 0.29) is 17.9 Å². The lowest BCUT2D eigenvalue weighted by Gasteiger charge is -2.38. The topological polar surface area (TPSA) is 67.8 Å². The first-order chi connectivity index (χ1) is 11.8. The second kappa shape index (κ2) is 8.50. The van der Waals surface area contributed by atoms with Crippen molar-refractivity contribution < 1.29 is 14.3 Å². The van der Waals surface area contributed by atoms with E-state index in [1.54, 1.807) is 13.4 Å². The number of hydrogen-bond acceptors (Lipinski definition) is 6. The van der Waals surface area contributed by atoms with Crippen LogP contribution in [0.15, 0.2) is 18.7 Å². The van der Waals surface area contributed by atoms with Crippen LogP contribution < -0.4 is 0 Å². The molecule has 132 valence electrons. The number of nitrogens with zero attached hydrogens (tertiary/aromatic N) is 4. The second-order valence-corrected chi connectivity index (χ2v) is 6.50. The van der Waals surface area contributed by atoms with Gasteiger partial charge in [0.15, 0.2) is 0 Å². The second-order valence-electron chi connectivity index (χ2n) is 6.50. The molecule has 0 aromatic carbocycles. The number of carbonyl (C=O) groups excluding carboxylic acids is 1. The van der Waals surface area contributed by atoms with Gasteiger partial charge in [0.2, 0.25) is 5.91 Å². The maximum atomic E-state index is 12.6. The maximum Gasteiger partial charge on any atom is 0.223 e. The Morgan fingerprint density at radius 3 is 2.75 bits per heavy atom. The van der Waals surface area contributed by atoms with E-state index in [0.29, 0.717) is 32.7 Å². The summed E-state index contributed by atoms with van der Waals surface area (Å²) in [4.78, 5) is 25.0. The van der Waals surface area contributed by atoms with E-state index in [2.05, 4.69) is 14.9 Å². The summed E-state index contributed by atoms with van der Waals surface area (Å²) in [5.74, 6) is 0.443. The Balaban J connectivity index is 1.57. The summed E-state index contributed by atoms with van der Waals surface area (Å²) in [7, 11) is 1.75. The van der Waals surface area contributed by atoms with Gasteiger partial charge in [-0.15, -0.1) is 0 Å². The van der Waals surface area contributed by atoms with Gasteiger partial charge in [-0.05, 0) is 6.42 Å². The van der Waals surface area contributed by atoms with Crippen LogP contribution in [0, 0.1) is 5.92 Å². The van der Waals surface area contributed by atoms with E-state index >= 15 is 0 Å². The number of amides is 1. The van der Waals surface area contributed by atoms with E-state index in [9.17, 15) is 4.79 Å². The van der Waals surface area contributed by atoms with Crippen molar-refractivity contribution in [2.75, 3.05) is 46.5 Å². The highest BCUT2D eigenvalue weighted by Crippen LogP contribution is 2.25. The van der Waals surface area contributed by atoms with Crippen LogP contribution in [0.3, 0.4) is 0 Å². The number of methoxy groups -OCH3 is 1. The van der Waals surface area contributed by atoms with Crippen LogP contribution in [-0.2, 0) is 20.8 Å². The van der Waals surface area contributed by atoms with Crippen molar-refractivity contribution in [2.45, 2.75) is 25.5 Å². The molecule has 0 radical (unpaired) electrons. The van der Waals surface area contributed by atoms with Gasteiger partial charge in [-0.3, -0.25) is 9.69 Å². The van der Waals surface area contributed by atoms with Crippen molar-refractivity contribution in [2.24, 2.45) is 5.92 Å². The summed E-state index contributed by atoms with van der Waals surface area (Å²) in [5.41, 5.74) is 1.10. The Morgan fingerprint density at radius 2 is 2.04 bits per heavy atom. The summed E-state index contributed by atoms with van der Waals surface area (Å²) in [6.07, 6.45) is 6.89. The highest BCUT2D eigenvalue weighted by molar-refractivity contribution is 5.76. The fourth-order valence-electron chi connectivity index (χ4n) is 3.57. The number of likely N-dealkylation sites (tertiary alicyclic amines) is 1. The van der Waals surface area contributed by atoms with Crippen LogP contribution in [0.25, 0.3) is 0 Å². The van der Waals surface area contributed by atoms with Crippen molar-refractivity contribution in [1.82, 2.24) is 19.8 Å². The standard InChI is InChI=1S/C17H26N4O3/c1-23-16-2-3-20(11-14-9-18-13-19-10-14)12-15(16)8-17(22)21-4-6-24-7-5-21/h9-10,13,15-16H,2-8,11-12H2,1H3/t15-,16-/m1/s1. The molecule has 0 spiro atoms. The monoisotopic (exact) mass is 334 g/mol. The van der Waals surface area contributed by atoms with Crippen LogP contribution in [-0.4, -0.2) is 78.3 Å². The highest BCUT2D eigenvalue weighted by atomic mass is 16.5. The zero-order chi connectivity index (χ0) is 16.8. The van der Waals surface area contributed by atoms with Gasteiger partial charge < -0.3 is 14.4 Å². The van der Waals surface area contributed by atoms with Crippen LogP contribution in [0.2, 0.25) is 0 Å². The smallest absolute Gasteiger partial charge is 0.223 e. The van der Waals surface area contributed by atoms with Crippen molar-refractivity contribution in [3.63, 3.8) is 0 Å². The highest BCUT2D eigenvalue weighted by Gasteiger charge is 2.32. The molecule has 2 aliphatic heterocycles. The van der Waals surface area contributed by atoms with E-state index in [0.717, 1.165) is 31.6 Å². The number of carbonyl (C=O) groups is 1. The Morgan fingerprint density at radius 1 is 1.29 bits per heavy atom. The molecule has 1 aromatic rings. The molecule has 3 heterocycles. The third-order valence-electron chi connectivity index (χ3n) is 4.87. The summed E-state index contributed by atoms with van der Waals surface area (Å²) >= 11 is 0. The number of aromatic nitrogens is 2. The molecule has 1 amide bonds. The van der Waals surface area contributed by atoms with E-state index in [1.807, 2.05) is 17.3 Å². The SMILES string of the molecule is CO[C@@H]1CCN(Cc2cncnc2)C[C@H]1CC(=O)N1CCOCC1. The molecule has 24 heavy (non-hydrogen) atoms. The molecule has 2 aliphatic rings. The van der Waals surface area contributed by atoms with Gasteiger partial charge in [0.1, 0.15) is 6.33 Å².